The van der Waals surface area contributed by atoms with E-state index in [0.717, 1.165) is 12.1 Å². The lowest BCUT2D eigenvalue weighted by molar-refractivity contribution is 0.901. The molecule has 0 spiro atoms. The summed E-state index contributed by atoms with van der Waals surface area (Å²) in [5.41, 5.74) is 2.49. The molecule has 1 heteroatoms. The van der Waals surface area contributed by atoms with Gasteiger partial charge >= 0.3 is 0 Å². The van der Waals surface area contributed by atoms with Crippen LogP contribution >= 0.6 is 0 Å². The SMILES string of the molecule is CC.CCC/C(C)=C/N=C(C)C. The Bertz CT molecular complexity index is 139. The molecule has 0 aliphatic carbocycles. The lowest BCUT2D eigenvalue weighted by Crippen LogP contribution is -1.78. The molecule has 0 fully saturated rings. The van der Waals surface area contributed by atoms with Crippen molar-refractivity contribution < 1.29 is 0 Å². The Hall–Kier alpha value is -0.590. The van der Waals surface area contributed by atoms with Gasteiger partial charge in [0, 0.05) is 11.9 Å². The Kier molecular flexibility index (Phi) is 12.1. The number of rotatable bonds is 3. The van der Waals surface area contributed by atoms with Gasteiger partial charge in [-0.3, -0.25) is 4.99 Å². The topological polar surface area (TPSA) is 12.4 Å². The minimum atomic E-state index is 1.12. The van der Waals surface area contributed by atoms with Crippen molar-refractivity contribution in [3.05, 3.63) is 11.8 Å². The van der Waals surface area contributed by atoms with Gasteiger partial charge in [-0.15, -0.1) is 0 Å². The lowest BCUT2D eigenvalue weighted by atomic mass is 10.2. The van der Waals surface area contributed by atoms with Crippen molar-refractivity contribution in [1.29, 1.82) is 0 Å². The fraction of sp³-hybridized carbons (Fsp3) is 0.727. The van der Waals surface area contributed by atoms with Gasteiger partial charge in [0.15, 0.2) is 0 Å². The van der Waals surface area contributed by atoms with Crippen LogP contribution in [0.2, 0.25) is 0 Å². The number of hydrogen-bond donors (Lipinski definition) is 0. The molecule has 0 aromatic rings. The van der Waals surface area contributed by atoms with Gasteiger partial charge in [0.2, 0.25) is 0 Å². The molecule has 0 saturated carbocycles. The third-order valence-electron chi connectivity index (χ3n) is 1.19. The van der Waals surface area contributed by atoms with E-state index < -0.39 is 0 Å². The van der Waals surface area contributed by atoms with Crippen LogP contribution in [0.1, 0.15) is 54.4 Å². The minimum Gasteiger partial charge on any atom is -0.266 e. The molecular formula is C11H23N. The number of nitrogens with zero attached hydrogens (tertiary/aromatic N) is 1. The molecule has 0 heterocycles. The van der Waals surface area contributed by atoms with E-state index in [4.69, 9.17) is 0 Å². The lowest BCUT2D eigenvalue weighted by Gasteiger charge is -1.93. The highest BCUT2D eigenvalue weighted by atomic mass is 14.7. The molecule has 0 aromatic heterocycles. The summed E-state index contributed by atoms with van der Waals surface area (Å²) in [7, 11) is 0. The number of aliphatic imine (C=N–C) groups is 1. The van der Waals surface area contributed by atoms with E-state index in [1.165, 1.54) is 12.0 Å². The Balaban J connectivity index is 0. The normalized spacial score (nSPS) is 10.0. The highest BCUT2D eigenvalue weighted by molar-refractivity contribution is 5.79. The third-order valence-corrected chi connectivity index (χ3v) is 1.19. The van der Waals surface area contributed by atoms with Crippen molar-refractivity contribution in [3.63, 3.8) is 0 Å². The smallest absolute Gasteiger partial charge is 0.0256 e. The maximum atomic E-state index is 4.20. The van der Waals surface area contributed by atoms with Gasteiger partial charge in [0.1, 0.15) is 0 Å². The van der Waals surface area contributed by atoms with Crippen LogP contribution in [0.3, 0.4) is 0 Å². The van der Waals surface area contributed by atoms with Crippen LogP contribution in [0.4, 0.5) is 0 Å². The Labute approximate surface area is 77.6 Å². The fourth-order valence-corrected chi connectivity index (χ4v) is 0.698. The molecule has 0 bridgehead atoms. The highest BCUT2D eigenvalue weighted by Gasteiger charge is 1.83. The molecule has 0 aromatic carbocycles. The number of hydrogen-bond acceptors (Lipinski definition) is 1. The molecule has 72 valence electrons. The zero-order valence-corrected chi connectivity index (χ0v) is 9.44. The quantitative estimate of drug-likeness (QED) is 0.561. The zero-order chi connectivity index (χ0) is 9.98. The van der Waals surface area contributed by atoms with Gasteiger partial charge in [-0.05, 0) is 27.2 Å². The van der Waals surface area contributed by atoms with Crippen LogP contribution in [0.25, 0.3) is 0 Å². The van der Waals surface area contributed by atoms with Crippen molar-refractivity contribution >= 4 is 5.71 Å². The van der Waals surface area contributed by atoms with Crippen molar-refractivity contribution in [2.75, 3.05) is 0 Å². The first kappa shape index (κ1) is 14.0. The van der Waals surface area contributed by atoms with Crippen molar-refractivity contribution in [3.8, 4) is 0 Å². The molecule has 0 unspecified atom stereocenters. The van der Waals surface area contributed by atoms with Gasteiger partial charge < -0.3 is 0 Å². The number of allylic oxidation sites excluding steroid dienone is 1. The predicted octanol–water partition coefficient (Wildman–Crippen LogP) is 4.20. The highest BCUT2D eigenvalue weighted by Crippen LogP contribution is 2.02. The second kappa shape index (κ2) is 10.4. The minimum absolute atomic E-state index is 1.12. The summed E-state index contributed by atoms with van der Waals surface area (Å²) in [5.74, 6) is 0. The second-order valence-corrected chi connectivity index (χ2v) is 2.80. The molecule has 0 radical (unpaired) electrons. The van der Waals surface area contributed by atoms with Gasteiger partial charge in [0.05, 0.1) is 0 Å². The molecule has 0 aliphatic heterocycles. The van der Waals surface area contributed by atoms with E-state index in [1.54, 1.807) is 0 Å². The molecule has 0 saturated heterocycles. The maximum Gasteiger partial charge on any atom is 0.0256 e. The summed E-state index contributed by atoms with van der Waals surface area (Å²) in [6.07, 6.45) is 4.33. The van der Waals surface area contributed by atoms with Crippen LogP contribution in [0.15, 0.2) is 16.8 Å². The largest absolute Gasteiger partial charge is 0.266 e. The van der Waals surface area contributed by atoms with Gasteiger partial charge in [-0.1, -0.05) is 32.8 Å². The van der Waals surface area contributed by atoms with E-state index in [-0.39, 0.29) is 0 Å². The van der Waals surface area contributed by atoms with Gasteiger partial charge in [0.25, 0.3) is 0 Å². The molecule has 0 amide bonds. The Morgan fingerprint density at radius 3 is 2.00 bits per heavy atom. The van der Waals surface area contributed by atoms with Crippen LogP contribution in [-0.4, -0.2) is 5.71 Å². The molecule has 0 aliphatic rings. The average Bonchev–Trinajstić information content (AvgIpc) is 2.05. The average molecular weight is 169 g/mol. The summed E-state index contributed by atoms with van der Waals surface area (Å²) in [6.45, 7) is 12.3. The van der Waals surface area contributed by atoms with Crippen LogP contribution in [0.5, 0.6) is 0 Å². The van der Waals surface area contributed by atoms with E-state index in [0.29, 0.717) is 0 Å². The summed E-state index contributed by atoms with van der Waals surface area (Å²) < 4.78 is 0. The standard InChI is InChI=1S/C9H17N.C2H6/c1-5-6-9(4)7-10-8(2)3;1-2/h7H,5-6H2,1-4H3;1-2H3/b9-7+;. The summed E-state index contributed by atoms with van der Waals surface area (Å²) in [5, 5.41) is 0. The van der Waals surface area contributed by atoms with E-state index >= 15 is 0 Å². The molecule has 0 rings (SSSR count). The fourth-order valence-electron chi connectivity index (χ4n) is 0.698. The first-order chi connectivity index (χ1) is 5.66. The van der Waals surface area contributed by atoms with Crippen LogP contribution in [0, 0.1) is 0 Å². The monoisotopic (exact) mass is 169 g/mol. The van der Waals surface area contributed by atoms with Crippen LogP contribution < -0.4 is 0 Å². The van der Waals surface area contributed by atoms with E-state index in [1.807, 2.05) is 33.9 Å². The van der Waals surface area contributed by atoms with Crippen molar-refractivity contribution in [2.45, 2.75) is 54.4 Å². The molecule has 0 N–H and O–H groups in total. The summed E-state index contributed by atoms with van der Waals surface area (Å²) >= 11 is 0. The molecule has 12 heavy (non-hydrogen) atoms. The zero-order valence-electron chi connectivity index (χ0n) is 9.44. The first-order valence-electron chi connectivity index (χ1n) is 4.83. The summed E-state index contributed by atoms with van der Waals surface area (Å²) in [4.78, 5) is 4.20. The predicted molar refractivity (Wildman–Crippen MR) is 58.8 cm³/mol. The molecular weight excluding hydrogens is 146 g/mol. The Morgan fingerprint density at radius 2 is 1.67 bits per heavy atom. The van der Waals surface area contributed by atoms with E-state index in [2.05, 4.69) is 18.8 Å². The van der Waals surface area contributed by atoms with Crippen LogP contribution in [-0.2, 0) is 0 Å². The second-order valence-electron chi connectivity index (χ2n) is 2.80. The van der Waals surface area contributed by atoms with E-state index in [9.17, 15) is 0 Å². The van der Waals surface area contributed by atoms with Gasteiger partial charge in [-0.2, -0.15) is 0 Å². The Morgan fingerprint density at radius 1 is 1.17 bits per heavy atom. The van der Waals surface area contributed by atoms with Crippen molar-refractivity contribution in [2.24, 2.45) is 4.99 Å². The molecule has 0 atom stereocenters. The first-order valence-corrected chi connectivity index (χ1v) is 4.83. The van der Waals surface area contributed by atoms with Crippen molar-refractivity contribution in [1.82, 2.24) is 0 Å². The van der Waals surface area contributed by atoms with Gasteiger partial charge in [-0.25, -0.2) is 0 Å². The maximum absolute atomic E-state index is 4.20. The summed E-state index contributed by atoms with van der Waals surface area (Å²) in [6, 6.07) is 0. The molecule has 1 nitrogen and oxygen atoms in total. The third kappa shape index (κ3) is 12.1.